The molecule has 1 aliphatic rings. The van der Waals surface area contributed by atoms with Crippen LogP contribution >= 0.6 is 0 Å². The number of ether oxygens (including phenoxy) is 1. The maximum Gasteiger partial charge on any atom is 0.433 e. The molecular formula is C29H30F5N3O5S. The number of nitrogens with zero attached hydrogens (tertiary/aromatic N) is 2. The smallest absolute Gasteiger partial charge is 0.394 e. The van der Waals surface area contributed by atoms with E-state index in [4.69, 9.17) is 0 Å². The quantitative estimate of drug-likeness (QED) is 0.290. The van der Waals surface area contributed by atoms with E-state index in [1.165, 1.54) is 49.4 Å². The molecule has 3 atom stereocenters. The van der Waals surface area contributed by atoms with Crippen LogP contribution < -0.4 is 10.2 Å². The highest BCUT2D eigenvalue weighted by Gasteiger charge is 2.36. The topological polar surface area (TPSA) is 109 Å². The molecule has 1 fully saturated rings. The second-order valence-electron chi connectivity index (χ2n) is 10.0. The van der Waals surface area contributed by atoms with Gasteiger partial charge in [-0.2, -0.15) is 22.0 Å². The van der Waals surface area contributed by atoms with Gasteiger partial charge in [0.1, 0.15) is 5.69 Å². The summed E-state index contributed by atoms with van der Waals surface area (Å²) in [5.74, 6) is -0.871. The summed E-state index contributed by atoms with van der Waals surface area (Å²) in [6, 6.07) is 13.0. The first-order valence-corrected chi connectivity index (χ1v) is 15.0. The Morgan fingerprint density at radius 3 is 2.30 bits per heavy atom. The third-order valence-electron chi connectivity index (χ3n) is 7.35. The number of sulfone groups is 1. The summed E-state index contributed by atoms with van der Waals surface area (Å²) in [6.45, 7) is -1.93. The number of aliphatic hydroxyl groups is 1. The third-order valence-corrected chi connectivity index (χ3v) is 9.10. The van der Waals surface area contributed by atoms with E-state index >= 15 is 0 Å². The van der Waals surface area contributed by atoms with E-state index in [1.807, 2.05) is 0 Å². The number of pyridine rings is 1. The van der Waals surface area contributed by atoms with E-state index in [0.717, 1.165) is 12.3 Å². The zero-order valence-corrected chi connectivity index (χ0v) is 23.8. The number of hydrogen-bond acceptors (Lipinski definition) is 7. The Morgan fingerprint density at radius 2 is 1.77 bits per heavy atom. The van der Waals surface area contributed by atoms with Gasteiger partial charge >= 0.3 is 12.8 Å². The molecule has 232 valence electrons. The molecule has 8 nitrogen and oxygen atoms in total. The molecule has 43 heavy (non-hydrogen) atoms. The Kier molecular flexibility index (Phi) is 10.0. The van der Waals surface area contributed by atoms with Crippen LogP contribution in [0.15, 0.2) is 71.8 Å². The highest BCUT2D eigenvalue weighted by atomic mass is 32.2. The summed E-state index contributed by atoms with van der Waals surface area (Å²) in [5.41, 5.74) is 0.847. The van der Waals surface area contributed by atoms with Crippen molar-refractivity contribution in [1.82, 2.24) is 10.3 Å². The summed E-state index contributed by atoms with van der Waals surface area (Å²) in [4.78, 5) is 18.4. The largest absolute Gasteiger partial charge is 0.433 e. The molecule has 0 radical (unpaired) electrons. The van der Waals surface area contributed by atoms with Crippen molar-refractivity contribution in [1.29, 1.82) is 0 Å². The van der Waals surface area contributed by atoms with Gasteiger partial charge in [0, 0.05) is 29.9 Å². The van der Waals surface area contributed by atoms with Gasteiger partial charge in [0.15, 0.2) is 9.84 Å². The lowest BCUT2D eigenvalue weighted by Crippen LogP contribution is -2.34. The average molecular weight is 628 g/mol. The summed E-state index contributed by atoms with van der Waals surface area (Å²) in [6.07, 6.45) is -3.11. The SMILES string of the molecule is CCS(=O)(=O)c1ccc([C@H](CO)NC(=O)c2ccc(N3CC(c4ccc(C(F)(F)F)nc4)C[C@H]3COC(F)F)cc2)cc1. The molecule has 1 saturated heterocycles. The van der Waals surface area contributed by atoms with E-state index in [-0.39, 0.29) is 28.7 Å². The number of nitrogens with one attached hydrogen (secondary N) is 1. The first-order chi connectivity index (χ1) is 20.3. The fourth-order valence-corrected chi connectivity index (χ4v) is 5.87. The van der Waals surface area contributed by atoms with E-state index in [0.29, 0.717) is 29.8 Å². The van der Waals surface area contributed by atoms with Crippen LogP contribution in [0.2, 0.25) is 0 Å². The monoisotopic (exact) mass is 627 g/mol. The van der Waals surface area contributed by atoms with Crippen molar-refractivity contribution in [3.8, 4) is 0 Å². The molecule has 1 aromatic heterocycles. The molecule has 0 bridgehead atoms. The number of hydrogen-bond donors (Lipinski definition) is 2. The zero-order valence-electron chi connectivity index (χ0n) is 23.0. The van der Waals surface area contributed by atoms with Crippen LogP contribution in [0.5, 0.6) is 0 Å². The molecule has 0 spiro atoms. The van der Waals surface area contributed by atoms with Crippen LogP contribution in [0.1, 0.15) is 52.5 Å². The number of carbonyl (C=O) groups is 1. The molecule has 1 aliphatic heterocycles. The predicted octanol–water partition coefficient (Wildman–Crippen LogP) is 4.96. The van der Waals surface area contributed by atoms with Crippen LogP contribution in [-0.4, -0.2) is 62.6 Å². The number of benzene rings is 2. The van der Waals surface area contributed by atoms with Crippen LogP contribution in [0.25, 0.3) is 0 Å². The molecule has 14 heteroatoms. The van der Waals surface area contributed by atoms with Crippen LogP contribution in [0.3, 0.4) is 0 Å². The van der Waals surface area contributed by atoms with Crippen LogP contribution in [0.4, 0.5) is 27.6 Å². The lowest BCUT2D eigenvalue weighted by molar-refractivity contribution is -0.141. The maximum absolute atomic E-state index is 12.9. The molecule has 0 aliphatic carbocycles. The Morgan fingerprint density at radius 1 is 1.09 bits per heavy atom. The standard InChI is InChI=1S/C29H30F5N3O5S/c1-2-43(40,41)24-10-5-18(6-11-24)25(16-38)36-27(39)19-3-8-22(9-4-19)37-15-21(13-23(37)17-42-28(30)31)20-7-12-26(35-14-20)29(32,33)34/h3-12,14,21,23,25,28,38H,2,13,15-17H2,1H3,(H,36,39)/t21?,23-,25-/m0/s1. The van der Waals surface area contributed by atoms with E-state index in [2.05, 4.69) is 15.0 Å². The van der Waals surface area contributed by atoms with E-state index in [9.17, 15) is 40.3 Å². The summed E-state index contributed by atoms with van der Waals surface area (Å²) in [7, 11) is -3.41. The maximum atomic E-state index is 12.9. The van der Waals surface area contributed by atoms with Gasteiger partial charge in [-0.05, 0) is 60.0 Å². The molecule has 1 amide bonds. The van der Waals surface area contributed by atoms with Gasteiger partial charge < -0.3 is 20.1 Å². The summed E-state index contributed by atoms with van der Waals surface area (Å²) < 4.78 is 93.1. The average Bonchev–Trinajstić information content (AvgIpc) is 3.43. The third kappa shape index (κ3) is 7.86. The molecular weight excluding hydrogens is 597 g/mol. The van der Waals surface area contributed by atoms with Crippen molar-refractivity contribution in [3.63, 3.8) is 0 Å². The van der Waals surface area contributed by atoms with Crippen LogP contribution in [-0.2, 0) is 20.8 Å². The minimum atomic E-state index is -4.58. The van der Waals surface area contributed by atoms with Gasteiger partial charge in [-0.1, -0.05) is 25.1 Å². The van der Waals surface area contributed by atoms with E-state index < -0.39 is 52.9 Å². The normalized spacial score (nSPS) is 18.2. The van der Waals surface area contributed by atoms with Gasteiger partial charge in [0.2, 0.25) is 0 Å². The molecule has 0 saturated carbocycles. The minimum absolute atomic E-state index is 0.0627. The zero-order chi connectivity index (χ0) is 31.4. The number of aromatic nitrogens is 1. The summed E-state index contributed by atoms with van der Waals surface area (Å²) in [5, 5.41) is 12.6. The Hall–Kier alpha value is -3.62. The molecule has 1 unspecified atom stereocenters. The Bertz CT molecular complexity index is 1480. The summed E-state index contributed by atoms with van der Waals surface area (Å²) >= 11 is 0. The minimum Gasteiger partial charge on any atom is -0.394 e. The van der Waals surface area contributed by atoms with Crippen molar-refractivity contribution < 1.29 is 45.0 Å². The van der Waals surface area contributed by atoms with Crippen molar-refractivity contribution in [2.24, 2.45) is 0 Å². The fourth-order valence-electron chi connectivity index (χ4n) is 4.99. The lowest BCUT2D eigenvalue weighted by atomic mass is 9.98. The predicted molar refractivity (Wildman–Crippen MR) is 148 cm³/mol. The van der Waals surface area contributed by atoms with Crippen molar-refractivity contribution in [2.75, 3.05) is 30.4 Å². The molecule has 2 heterocycles. The number of halogens is 5. The second kappa shape index (κ2) is 13.3. The van der Waals surface area contributed by atoms with Crippen molar-refractivity contribution >= 4 is 21.4 Å². The Labute approximate surface area is 245 Å². The number of amides is 1. The molecule has 2 N–H and O–H groups in total. The van der Waals surface area contributed by atoms with Crippen molar-refractivity contribution in [2.45, 2.75) is 49.0 Å². The fraction of sp³-hybridized carbons (Fsp3) is 0.379. The van der Waals surface area contributed by atoms with Gasteiger partial charge in [0.05, 0.1) is 35.9 Å². The molecule has 2 aromatic carbocycles. The highest BCUT2D eigenvalue weighted by molar-refractivity contribution is 7.91. The number of anilines is 1. The van der Waals surface area contributed by atoms with E-state index in [1.54, 1.807) is 17.0 Å². The van der Waals surface area contributed by atoms with Gasteiger partial charge in [-0.3, -0.25) is 9.78 Å². The van der Waals surface area contributed by atoms with Crippen molar-refractivity contribution in [3.05, 3.63) is 89.2 Å². The number of aliphatic hydroxyl groups excluding tert-OH is 1. The first kappa shape index (κ1) is 32.3. The van der Waals surface area contributed by atoms with Gasteiger partial charge in [-0.15, -0.1) is 0 Å². The first-order valence-electron chi connectivity index (χ1n) is 13.4. The second-order valence-corrected chi connectivity index (χ2v) is 12.3. The van der Waals surface area contributed by atoms with Gasteiger partial charge in [0.25, 0.3) is 5.91 Å². The number of rotatable bonds is 11. The van der Waals surface area contributed by atoms with Gasteiger partial charge in [-0.25, -0.2) is 8.42 Å². The van der Waals surface area contributed by atoms with Crippen LogP contribution in [0, 0.1) is 0 Å². The lowest BCUT2D eigenvalue weighted by Gasteiger charge is -2.27. The highest BCUT2D eigenvalue weighted by Crippen LogP contribution is 2.36. The molecule has 4 rings (SSSR count). The molecule has 3 aromatic rings. The Balaban J connectivity index is 1.47. The number of alkyl halides is 5. The number of carbonyl (C=O) groups excluding carboxylic acids is 1.